The van der Waals surface area contributed by atoms with Crippen LogP contribution in [0.3, 0.4) is 0 Å². The summed E-state index contributed by atoms with van der Waals surface area (Å²) in [6.07, 6.45) is 6.12. The molecule has 0 aromatic carbocycles. The zero-order valence-corrected chi connectivity index (χ0v) is 13.6. The Bertz CT molecular complexity index is 522. The molecule has 2 atom stereocenters. The standard InChI is InChI=1S/C11H14Br2N2O2S/c12-9-2-1-8(3-9)5-15-18(16,17)11-4-10(13)6-14-7-11/h4,6-9,15H,1-3,5H2. The minimum atomic E-state index is -3.45. The van der Waals surface area contributed by atoms with E-state index in [1.165, 1.54) is 6.20 Å². The highest BCUT2D eigenvalue weighted by atomic mass is 79.9. The summed E-state index contributed by atoms with van der Waals surface area (Å²) in [6.45, 7) is 0.497. The molecule has 100 valence electrons. The molecule has 0 bridgehead atoms. The average Bonchev–Trinajstić information content (AvgIpc) is 2.73. The highest BCUT2D eigenvalue weighted by Crippen LogP contribution is 2.30. The van der Waals surface area contributed by atoms with Crippen LogP contribution in [0.15, 0.2) is 27.8 Å². The Morgan fingerprint density at radius 1 is 1.39 bits per heavy atom. The Morgan fingerprint density at radius 2 is 2.17 bits per heavy atom. The van der Waals surface area contributed by atoms with Crippen molar-refractivity contribution in [3.8, 4) is 0 Å². The molecule has 7 heteroatoms. The van der Waals surface area contributed by atoms with Gasteiger partial charge in [-0.05, 0) is 47.2 Å². The lowest BCUT2D eigenvalue weighted by Gasteiger charge is -2.11. The van der Waals surface area contributed by atoms with Crippen LogP contribution in [0.2, 0.25) is 0 Å². The van der Waals surface area contributed by atoms with Gasteiger partial charge in [-0.25, -0.2) is 13.1 Å². The van der Waals surface area contributed by atoms with Crippen LogP contribution >= 0.6 is 31.9 Å². The fourth-order valence-corrected chi connectivity index (χ4v) is 4.46. The van der Waals surface area contributed by atoms with Crippen LogP contribution in [0.1, 0.15) is 19.3 Å². The molecule has 1 aliphatic rings. The Labute approximate surface area is 124 Å². The summed E-state index contributed by atoms with van der Waals surface area (Å²) in [4.78, 5) is 4.60. The first-order valence-electron chi connectivity index (χ1n) is 5.71. The maximum Gasteiger partial charge on any atom is 0.242 e. The predicted octanol–water partition coefficient (Wildman–Crippen LogP) is 2.69. The number of pyridine rings is 1. The number of rotatable bonds is 4. The van der Waals surface area contributed by atoms with Crippen molar-refractivity contribution in [3.05, 3.63) is 22.9 Å². The van der Waals surface area contributed by atoms with Gasteiger partial charge in [-0.15, -0.1) is 0 Å². The van der Waals surface area contributed by atoms with Crippen LogP contribution in [-0.2, 0) is 10.0 Å². The maximum atomic E-state index is 12.0. The normalized spacial score (nSPS) is 24.3. The molecule has 1 saturated carbocycles. The van der Waals surface area contributed by atoms with Crippen LogP contribution in [0.5, 0.6) is 0 Å². The van der Waals surface area contributed by atoms with Gasteiger partial charge in [0.05, 0.1) is 0 Å². The monoisotopic (exact) mass is 396 g/mol. The zero-order chi connectivity index (χ0) is 13.2. The second kappa shape index (κ2) is 5.98. The topological polar surface area (TPSA) is 59.1 Å². The lowest BCUT2D eigenvalue weighted by molar-refractivity contribution is 0.520. The molecular formula is C11H14Br2N2O2S. The smallest absolute Gasteiger partial charge is 0.242 e. The van der Waals surface area contributed by atoms with Gasteiger partial charge in [0, 0.05) is 28.2 Å². The van der Waals surface area contributed by atoms with Gasteiger partial charge in [0.1, 0.15) is 4.90 Å². The summed E-state index contributed by atoms with van der Waals surface area (Å²) in [7, 11) is -3.45. The van der Waals surface area contributed by atoms with Crippen LogP contribution in [0.25, 0.3) is 0 Å². The molecule has 0 radical (unpaired) electrons. The Kier molecular flexibility index (Phi) is 4.80. The molecule has 1 fully saturated rings. The molecular weight excluding hydrogens is 384 g/mol. The predicted molar refractivity (Wildman–Crippen MR) is 77.2 cm³/mol. The van der Waals surface area contributed by atoms with E-state index >= 15 is 0 Å². The van der Waals surface area contributed by atoms with Crippen molar-refractivity contribution in [2.45, 2.75) is 29.0 Å². The van der Waals surface area contributed by atoms with Gasteiger partial charge < -0.3 is 0 Å². The highest BCUT2D eigenvalue weighted by molar-refractivity contribution is 9.10. The SMILES string of the molecule is O=S(=O)(NCC1CCC(Br)C1)c1cncc(Br)c1. The van der Waals surface area contributed by atoms with Crippen molar-refractivity contribution < 1.29 is 8.42 Å². The van der Waals surface area contributed by atoms with Crippen molar-refractivity contribution in [2.24, 2.45) is 5.92 Å². The van der Waals surface area contributed by atoms with Gasteiger partial charge in [-0.1, -0.05) is 15.9 Å². The molecule has 4 nitrogen and oxygen atoms in total. The minimum Gasteiger partial charge on any atom is -0.262 e. The molecule has 2 rings (SSSR count). The number of hydrogen-bond donors (Lipinski definition) is 1. The Morgan fingerprint density at radius 3 is 2.78 bits per heavy atom. The molecule has 1 aromatic rings. The van der Waals surface area contributed by atoms with Gasteiger partial charge in [0.25, 0.3) is 0 Å². The van der Waals surface area contributed by atoms with E-state index in [2.05, 4.69) is 41.6 Å². The molecule has 1 aromatic heterocycles. The molecule has 1 heterocycles. The number of hydrogen-bond acceptors (Lipinski definition) is 3. The number of nitrogens with one attached hydrogen (secondary N) is 1. The third kappa shape index (κ3) is 3.76. The number of sulfonamides is 1. The fourth-order valence-electron chi connectivity index (χ4n) is 2.05. The maximum absolute atomic E-state index is 12.0. The summed E-state index contributed by atoms with van der Waals surface area (Å²) in [5.74, 6) is 0.421. The number of aromatic nitrogens is 1. The highest BCUT2D eigenvalue weighted by Gasteiger charge is 2.24. The summed E-state index contributed by atoms with van der Waals surface area (Å²) in [5.41, 5.74) is 0. The van der Waals surface area contributed by atoms with E-state index in [9.17, 15) is 8.42 Å². The third-order valence-electron chi connectivity index (χ3n) is 3.03. The van der Waals surface area contributed by atoms with Gasteiger partial charge in [0.2, 0.25) is 10.0 Å². The first-order chi connectivity index (χ1) is 8.47. The summed E-state index contributed by atoms with van der Waals surface area (Å²) in [5, 5.41) is 0. The molecule has 1 N–H and O–H groups in total. The van der Waals surface area contributed by atoms with Crippen LogP contribution in [0.4, 0.5) is 0 Å². The zero-order valence-electron chi connectivity index (χ0n) is 9.64. The van der Waals surface area contributed by atoms with Gasteiger partial charge in [-0.2, -0.15) is 0 Å². The van der Waals surface area contributed by atoms with E-state index < -0.39 is 10.0 Å². The van der Waals surface area contributed by atoms with Gasteiger partial charge >= 0.3 is 0 Å². The Hall–Kier alpha value is 0.0200. The number of nitrogens with zero attached hydrogens (tertiary/aromatic N) is 1. The molecule has 0 saturated heterocycles. The van der Waals surface area contributed by atoms with Crippen LogP contribution < -0.4 is 4.72 Å². The fraction of sp³-hybridized carbons (Fsp3) is 0.545. The first-order valence-corrected chi connectivity index (χ1v) is 8.91. The largest absolute Gasteiger partial charge is 0.262 e. The molecule has 0 spiro atoms. The number of alkyl halides is 1. The van der Waals surface area contributed by atoms with Gasteiger partial charge in [0.15, 0.2) is 0 Å². The third-order valence-corrected chi connectivity index (χ3v) is 5.69. The van der Waals surface area contributed by atoms with Crippen molar-refractivity contribution in [2.75, 3.05) is 6.54 Å². The quantitative estimate of drug-likeness (QED) is 0.794. The van der Waals surface area contributed by atoms with Crippen molar-refractivity contribution in [1.29, 1.82) is 0 Å². The minimum absolute atomic E-state index is 0.199. The Balaban J connectivity index is 1.99. The first kappa shape index (κ1) is 14.4. The molecule has 18 heavy (non-hydrogen) atoms. The lowest BCUT2D eigenvalue weighted by Crippen LogP contribution is -2.28. The molecule has 0 amide bonds. The second-order valence-electron chi connectivity index (χ2n) is 4.47. The molecule has 2 unspecified atom stereocenters. The van der Waals surface area contributed by atoms with Crippen molar-refractivity contribution in [1.82, 2.24) is 9.71 Å². The molecule has 0 aliphatic heterocycles. The van der Waals surface area contributed by atoms with E-state index in [1.807, 2.05) is 0 Å². The average molecular weight is 398 g/mol. The van der Waals surface area contributed by atoms with Crippen LogP contribution in [0, 0.1) is 5.92 Å². The number of halogens is 2. The van der Waals surface area contributed by atoms with Crippen LogP contribution in [-0.4, -0.2) is 24.8 Å². The lowest BCUT2D eigenvalue weighted by atomic mass is 10.1. The molecule has 1 aliphatic carbocycles. The van der Waals surface area contributed by atoms with E-state index in [0.29, 0.717) is 21.8 Å². The van der Waals surface area contributed by atoms with E-state index in [4.69, 9.17) is 0 Å². The van der Waals surface area contributed by atoms with Crippen molar-refractivity contribution >= 4 is 41.9 Å². The summed E-state index contributed by atoms with van der Waals surface area (Å²) < 4.78 is 27.4. The van der Waals surface area contributed by atoms with Gasteiger partial charge in [-0.3, -0.25) is 4.98 Å². The summed E-state index contributed by atoms with van der Waals surface area (Å²) in [6, 6.07) is 1.55. The van der Waals surface area contributed by atoms with E-state index in [1.54, 1.807) is 12.3 Å². The second-order valence-corrected chi connectivity index (χ2v) is 8.44. The summed E-state index contributed by atoms with van der Waals surface area (Å²) >= 11 is 6.78. The van der Waals surface area contributed by atoms with E-state index in [-0.39, 0.29) is 4.90 Å². The van der Waals surface area contributed by atoms with E-state index in [0.717, 1.165) is 19.3 Å². The van der Waals surface area contributed by atoms with Crippen molar-refractivity contribution in [3.63, 3.8) is 0 Å².